The second-order valence-corrected chi connectivity index (χ2v) is 37.4. The number of fused-ring (bicyclic) bond motifs is 40. The molecule has 15 heteroatoms. The minimum absolute atomic E-state index is 0.0139. The lowest BCUT2D eigenvalue weighted by Gasteiger charge is -2.25. The molecule has 17 aromatic carbocycles. The van der Waals surface area contributed by atoms with Crippen LogP contribution in [0.1, 0.15) is 0 Å². The maximum atomic E-state index is 6.64. The van der Waals surface area contributed by atoms with Gasteiger partial charge in [-0.05, 0) is 189 Å². The quantitative estimate of drug-likeness (QED) is 0.152. The number of thiophene rings is 3. The number of nitrogens with zero attached hydrogens (tertiary/aromatic N) is 1. The Morgan fingerprint density at radius 3 is 1.60 bits per heavy atom. The molecule has 32 rings (SSSR count). The van der Waals surface area contributed by atoms with Crippen LogP contribution in [-0.4, -0.2) is 31.4 Å². The van der Waals surface area contributed by atoms with E-state index in [4.69, 9.17) is 27.5 Å². The Hall–Kier alpha value is -14.2. The first-order chi connectivity index (χ1) is 61.0. The summed E-state index contributed by atoms with van der Waals surface area (Å²) in [6.07, 6.45) is 0. The summed E-state index contributed by atoms with van der Waals surface area (Å²) < 4.78 is 47.9. The highest BCUT2D eigenvalue weighted by Crippen LogP contribution is 2.50. The third-order valence-corrected chi connectivity index (χ3v) is 31.8. The van der Waals surface area contributed by atoms with E-state index in [1.54, 1.807) is 0 Å². The highest BCUT2D eigenvalue weighted by molar-refractivity contribution is 8.00. The molecule has 0 radical (unpaired) electrons. The van der Waals surface area contributed by atoms with E-state index in [1.807, 2.05) is 88.2 Å². The lowest BCUT2D eigenvalue weighted by atomic mass is 9.37. The molecular formula is C108H57B4NO6S4. The highest BCUT2D eigenvalue weighted by atomic mass is 32.2. The van der Waals surface area contributed by atoms with Crippen LogP contribution in [0.3, 0.4) is 0 Å². The van der Waals surface area contributed by atoms with Gasteiger partial charge in [-0.1, -0.05) is 266 Å². The van der Waals surface area contributed by atoms with E-state index in [2.05, 4.69) is 308 Å². The van der Waals surface area contributed by atoms with Crippen LogP contribution in [0.25, 0.3) is 167 Å². The maximum Gasteiger partial charge on any atom is 0.297 e. The molecule has 0 saturated carbocycles. The Kier molecular flexibility index (Phi) is 13.9. The Balaban J connectivity index is 0.0000000828. The first-order valence-corrected chi connectivity index (χ1v) is 45.1. The molecule has 0 aliphatic carbocycles. The molecule has 0 spiro atoms. The number of ether oxygens (including phenoxy) is 3. The summed E-state index contributed by atoms with van der Waals surface area (Å²) in [6.45, 7) is 0.740. The van der Waals surface area contributed by atoms with Gasteiger partial charge in [0.25, 0.3) is 26.9 Å². The number of para-hydroxylation sites is 5. The normalized spacial score (nSPS) is 13.5. The van der Waals surface area contributed by atoms with Gasteiger partial charge >= 0.3 is 0 Å². The van der Waals surface area contributed by atoms with Crippen LogP contribution >= 0.6 is 45.8 Å². The first-order valence-electron chi connectivity index (χ1n) is 41.9. The van der Waals surface area contributed by atoms with Crippen LogP contribution < -0.4 is 79.3 Å². The average Bonchev–Trinajstić information content (AvgIpc) is 1.51. The molecule has 0 atom stereocenters. The van der Waals surface area contributed by atoms with Crippen LogP contribution in [0.5, 0.6) is 34.5 Å². The van der Waals surface area contributed by atoms with Crippen molar-refractivity contribution in [2.24, 2.45) is 0 Å². The molecule has 7 nitrogen and oxygen atoms in total. The number of hydrogen-bond donors (Lipinski definition) is 0. The molecule has 0 N–H and O–H groups in total. The largest absolute Gasteiger partial charge is 0.470 e. The summed E-state index contributed by atoms with van der Waals surface area (Å²) in [6, 6.07) is 123. The van der Waals surface area contributed by atoms with E-state index >= 15 is 0 Å². The van der Waals surface area contributed by atoms with E-state index in [0.29, 0.717) is 6.71 Å². The van der Waals surface area contributed by atoms with E-state index in [0.717, 1.165) is 101 Å². The topological polar surface area (TPSA) is 72.0 Å². The molecule has 15 heterocycles. The molecule has 0 bridgehead atoms. The fourth-order valence-electron chi connectivity index (χ4n) is 22.0. The van der Waals surface area contributed by atoms with Gasteiger partial charge < -0.3 is 32.0 Å². The van der Waals surface area contributed by atoms with E-state index in [9.17, 15) is 0 Å². The van der Waals surface area contributed by atoms with Crippen LogP contribution in [0.2, 0.25) is 0 Å². The lowest BCUT2D eigenvalue weighted by Crippen LogP contribution is -2.52. The number of furan rings is 3. The van der Waals surface area contributed by atoms with Crippen molar-refractivity contribution >= 4 is 254 Å². The number of benzene rings is 17. The van der Waals surface area contributed by atoms with Crippen molar-refractivity contribution in [2.45, 2.75) is 9.79 Å². The van der Waals surface area contributed by atoms with Gasteiger partial charge in [0, 0.05) is 99.4 Å². The number of rotatable bonds is 1. The van der Waals surface area contributed by atoms with E-state index < -0.39 is 0 Å². The van der Waals surface area contributed by atoms with Gasteiger partial charge in [0.2, 0.25) is 0 Å². The highest BCUT2D eigenvalue weighted by Gasteiger charge is 2.49. The smallest absolute Gasteiger partial charge is 0.297 e. The fraction of sp³-hybridized carbons (Fsp3) is 0. The fourth-order valence-corrected chi connectivity index (χ4v) is 27.1. The zero-order valence-corrected chi connectivity index (χ0v) is 68.5. The maximum absolute atomic E-state index is 6.64. The molecule has 566 valence electrons. The Bertz CT molecular complexity index is 8820. The molecule has 7 aromatic heterocycles. The summed E-state index contributed by atoms with van der Waals surface area (Å²) in [5.41, 5.74) is 28.9. The summed E-state index contributed by atoms with van der Waals surface area (Å²) in [4.78, 5) is 4.28. The third kappa shape index (κ3) is 9.33. The lowest BCUT2D eigenvalue weighted by molar-refractivity contribution is 0.481. The third-order valence-electron chi connectivity index (χ3n) is 26.9. The summed E-state index contributed by atoms with van der Waals surface area (Å²) >= 11 is 7.79. The first kappa shape index (κ1) is 67.6. The van der Waals surface area contributed by atoms with Gasteiger partial charge in [-0.15, -0.1) is 34.0 Å². The molecule has 8 aliphatic rings. The van der Waals surface area contributed by atoms with Gasteiger partial charge in [0.1, 0.15) is 51.3 Å². The molecule has 123 heavy (non-hydrogen) atoms. The van der Waals surface area contributed by atoms with Crippen molar-refractivity contribution in [3.8, 4) is 84.2 Å². The van der Waals surface area contributed by atoms with Crippen molar-refractivity contribution in [1.82, 2.24) is 4.57 Å². The van der Waals surface area contributed by atoms with Crippen LogP contribution in [0.15, 0.2) is 369 Å². The SMILES string of the molecule is c1cc2c3c(c1)-c1c(oc4ccccc14)B3c1ccc3c(oc4ccccc43)c1O2.c1cc2c3c(c1)-c1c(sc4ccccc14)B3c1ccc3sc4ccccc4c3c1S2.c1cc2c3c(c1)-c1oc4ccccc4c1B3c1cc3ccccc3cc1O2.c1cc2c3c(c1)-c1sc4ccccc4c1B3c1ccc(-n3c4ccccc4c4ccccc43)cc1O2. The summed E-state index contributed by atoms with van der Waals surface area (Å²) in [7, 11) is 0. The standard InChI is InChI=1S/C32H18BNOS.C26H13BO3.C26H13BS3.C24H13BO2/c1-4-12-25-20(8-1)21-9-2-5-13-26(21)34(25)19-16-17-24-28(18-19)35-27-14-7-11-23-30(27)33(24)31-22-10-3-6-15-29(22)36-32(23)31;1-3-9-19-14(6-1)15-12-13-18-25(24(15)28-19)29-21-11-5-8-17-22-16-7-2-4-10-20(16)30-26(22)27(18)23(17)21;1-4-10-19-14(6-1)22-16-8-5-11-21-24(16)27(26(22)30-19)17-12-13-20-23(25(17)29-21)15-7-2-3-9-18(15)28-20;1-2-7-15-13-21-18(12-14(15)6-1)25-22-17(9-5-11-20(22)26-21)24-23(25)16-8-3-4-10-19(16)27-24/h1-18H;2*1-13H;1-13H. The second-order valence-electron chi connectivity index (χ2n) is 33.1. The van der Waals surface area contributed by atoms with Crippen LogP contribution in [0.4, 0.5) is 0 Å². The average molecular weight is 1640 g/mol. The summed E-state index contributed by atoms with van der Waals surface area (Å²) in [5, 5.41) is 15.1. The van der Waals surface area contributed by atoms with Gasteiger partial charge in [-0.3, -0.25) is 0 Å². The number of hydrogen-bond acceptors (Lipinski definition) is 10. The van der Waals surface area contributed by atoms with E-state index in [1.165, 1.54) is 175 Å². The molecule has 0 amide bonds. The number of aromatic nitrogens is 1. The van der Waals surface area contributed by atoms with Crippen molar-refractivity contribution in [3.63, 3.8) is 0 Å². The molecular weight excluding hydrogens is 1580 g/mol. The predicted molar refractivity (Wildman–Crippen MR) is 519 cm³/mol. The Morgan fingerprint density at radius 1 is 0.285 bits per heavy atom. The van der Waals surface area contributed by atoms with E-state index in [-0.39, 0.29) is 20.1 Å². The van der Waals surface area contributed by atoms with Gasteiger partial charge in [-0.25, -0.2) is 0 Å². The minimum Gasteiger partial charge on any atom is -0.470 e. The van der Waals surface area contributed by atoms with Gasteiger partial charge in [-0.2, -0.15) is 0 Å². The van der Waals surface area contributed by atoms with Crippen molar-refractivity contribution < 1.29 is 27.5 Å². The molecule has 0 fully saturated rings. The monoisotopic (exact) mass is 1640 g/mol. The van der Waals surface area contributed by atoms with Gasteiger partial charge in [0.05, 0.1) is 16.7 Å². The van der Waals surface area contributed by atoms with Crippen molar-refractivity contribution in [2.75, 3.05) is 0 Å². The van der Waals surface area contributed by atoms with Crippen LogP contribution in [0, 0.1) is 0 Å². The predicted octanol–water partition coefficient (Wildman–Crippen LogP) is 22.0. The molecule has 0 saturated heterocycles. The molecule has 24 aromatic rings. The zero-order valence-electron chi connectivity index (χ0n) is 65.2. The summed E-state index contributed by atoms with van der Waals surface area (Å²) in [5.74, 6) is 6.49. The second kappa shape index (κ2) is 25.2. The van der Waals surface area contributed by atoms with Crippen molar-refractivity contribution in [1.29, 1.82) is 0 Å². The van der Waals surface area contributed by atoms with Gasteiger partial charge in [0.15, 0.2) is 11.3 Å². The Morgan fingerprint density at radius 2 is 0.837 bits per heavy atom. The molecule has 0 unspecified atom stereocenters. The van der Waals surface area contributed by atoms with Crippen LogP contribution in [-0.2, 0) is 0 Å². The molecule has 8 aliphatic heterocycles. The zero-order chi connectivity index (χ0) is 79.7. The van der Waals surface area contributed by atoms with Crippen molar-refractivity contribution in [3.05, 3.63) is 346 Å². The Labute approximate surface area is 720 Å². The minimum atomic E-state index is 0.0139.